The van der Waals surface area contributed by atoms with Crippen molar-refractivity contribution >= 4 is 11.9 Å². The first-order chi connectivity index (χ1) is 9.09. The van der Waals surface area contributed by atoms with Crippen LogP contribution in [0, 0.1) is 0 Å². The summed E-state index contributed by atoms with van der Waals surface area (Å²) in [5.74, 6) is -0.861. The zero-order chi connectivity index (χ0) is 13.8. The number of piperidine rings is 1. The lowest BCUT2D eigenvalue weighted by molar-refractivity contribution is -0.148. The molecule has 2 aliphatic heterocycles. The maximum Gasteiger partial charge on any atom is 0.326 e. The van der Waals surface area contributed by atoms with Gasteiger partial charge in [0.05, 0.1) is 0 Å². The summed E-state index contributed by atoms with van der Waals surface area (Å²) in [6, 6.07) is -0.0401. The first-order valence-corrected chi connectivity index (χ1v) is 7.36. The third kappa shape index (κ3) is 3.47. The highest BCUT2D eigenvalue weighted by molar-refractivity contribution is 5.84. The first kappa shape index (κ1) is 14.3. The molecule has 19 heavy (non-hydrogen) atoms. The molecule has 0 spiro atoms. The fourth-order valence-corrected chi connectivity index (χ4v) is 3.19. The van der Waals surface area contributed by atoms with Crippen LogP contribution in [0.1, 0.15) is 45.4 Å². The second kappa shape index (κ2) is 6.37. The zero-order valence-corrected chi connectivity index (χ0v) is 11.7. The van der Waals surface area contributed by atoms with Crippen LogP contribution < -0.4 is 0 Å². The average molecular weight is 268 g/mol. The van der Waals surface area contributed by atoms with E-state index in [1.807, 2.05) is 0 Å². The second-order valence-electron chi connectivity index (χ2n) is 5.71. The largest absolute Gasteiger partial charge is 0.480 e. The summed E-state index contributed by atoms with van der Waals surface area (Å²) in [6.45, 7) is 4.64. The number of carbonyl (C=O) groups is 2. The van der Waals surface area contributed by atoms with E-state index in [0.717, 1.165) is 19.5 Å². The third-order valence-electron chi connectivity index (χ3n) is 4.41. The molecule has 2 rings (SSSR count). The van der Waals surface area contributed by atoms with Gasteiger partial charge in [-0.05, 0) is 39.2 Å². The smallest absolute Gasteiger partial charge is 0.326 e. The van der Waals surface area contributed by atoms with Gasteiger partial charge < -0.3 is 14.9 Å². The Morgan fingerprint density at radius 1 is 1.16 bits per heavy atom. The van der Waals surface area contributed by atoms with Crippen molar-refractivity contribution in [3.8, 4) is 0 Å². The van der Waals surface area contributed by atoms with Crippen LogP contribution in [0.4, 0.5) is 0 Å². The molecule has 2 fully saturated rings. The number of carboxylic acid groups (broad SMARTS) is 1. The molecule has 0 aromatic rings. The van der Waals surface area contributed by atoms with Gasteiger partial charge in [0.1, 0.15) is 6.04 Å². The van der Waals surface area contributed by atoms with Crippen LogP contribution in [0.5, 0.6) is 0 Å². The molecule has 0 saturated carbocycles. The summed E-state index contributed by atoms with van der Waals surface area (Å²) in [5.41, 5.74) is 0. The van der Waals surface area contributed by atoms with Crippen LogP contribution in [-0.4, -0.2) is 58.5 Å². The summed E-state index contributed by atoms with van der Waals surface area (Å²) in [5, 5.41) is 9.09. The Morgan fingerprint density at radius 3 is 2.63 bits per heavy atom. The molecule has 0 aromatic heterocycles. The van der Waals surface area contributed by atoms with E-state index in [-0.39, 0.29) is 5.91 Å². The number of likely N-dealkylation sites (tertiary alicyclic amines) is 2. The SMILES string of the molecule is CC1CCCCN1CCC(=O)N1CCC[C@H]1C(=O)O. The highest BCUT2D eigenvalue weighted by Gasteiger charge is 2.33. The number of nitrogens with zero attached hydrogens (tertiary/aromatic N) is 2. The van der Waals surface area contributed by atoms with E-state index in [4.69, 9.17) is 5.11 Å². The Morgan fingerprint density at radius 2 is 1.95 bits per heavy atom. The summed E-state index contributed by atoms with van der Waals surface area (Å²) in [7, 11) is 0. The average Bonchev–Trinajstić information content (AvgIpc) is 2.87. The minimum Gasteiger partial charge on any atom is -0.480 e. The normalized spacial score (nSPS) is 28.6. The number of carboxylic acids is 1. The molecule has 2 saturated heterocycles. The topological polar surface area (TPSA) is 60.9 Å². The van der Waals surface area contributed by atoms with Crippen molar-refractivity contribution < 1.29 is 14.7 Å². The predicted molar refractivity (Wildman–Crippen MR) is 71.9 cm³/mol. The van der Waals surface area contributed by atoms with E-state index in [1.54, 1.807) is 4.90 Å². The molecular weight excluding hydrogens is 244 g/mol. The Balaban J connectivity index is 1.82. The van der Waals surface area contributed by atoms with Crippen LogP contribution in [0.3, 0.4) is 0 Å². The van der Waals surface area contributed by atoms with Gasteiger partial charge in [0, 0.05) is 25.6 Å². The van der Waals surface area contributed by atoms with Crippen molar-refractivity contribution in [2.24, 2.45) is 0 Å². The lowest BCUT2D eigenvalue weighted by Gasteiger charge is -2.33. The monoisotopic (exact) mass is 268 g/mol. The van der Waals surface area contributed by atoms with Gasteiger partial charge in [0.15, 0.2) is 0 Å². The molecule has 0 aliphatic carbocycles. The molecule has 1 N–H and O–H groups in total. The Kier molecular flexibility index (Phi) is 4.80. The number of hydrogen-bond acceptors (Lipinski definition) is 3. The van der Waals surface area contributed by atoms with E-state index >= 15 is 0 Å². The van der Waals surface area contributed by atoms with Crippen molar-refractivity contribution in [3.05, 3.63) is 0 Å². The van der Waals surface area contributed by atoms with E-state index in [9.17, 15) is 9.59 Å². The minimum atomic E-state index is -0.864. The van der Waals surface area contributed by atoms with E-state index in [1.165, 1.54) is 19.3 Å². The summed E-state index contributed by atoms with van der Waals surface area (Å²) in [4.78, 5) is 27.1. The van der Waals surface area contributed by atoms with Gasteiger partial charge in [0.25, 0.3) is 0 Å². The highest BCUT2D eigenvalue weighted by atomic mass is 16.4. The molecule has 2 aliphatic rings. The van der Waals surface area contributed by atoms with Gasteiger partial charge >= 0.3 is 5.97 Å². The maximum atomic E-state index is 12.1. The molecule has 2 atom stereocenters. The van der Waals surface area contributed by atoms with E-state index < -0.39 is 12.0 Å². The standard InChI is InChI=1S/C14H24N2O3/c1-11-5-2-3-8-15(11)10-7-13(17)16-9-4-6-12(16)14(18)19/h11-12H,2-10H2,1H3,(H,18,19)/t11?,12-/m0/s1. The fourth-order valence-electron chi connectivity index (χ4n) is 3.19. The molecule has 0 bridgehead atoms. The van der Waals surface area contributed by atoms with Gasteiger partial charge in [-0.2, -0.15) is 0 Å². The van der Waals surface area contributed by atoms with E-state index in [2.05, 4.69) is 11.8 Å². The van der Waals surface area contributed by atoms with Crippen molar-refractivity contribution in [2.75, 3.05) is 19.6 Å². The summed E-state index contributed by atoms with van der Waals surface area (Å²) < 4.78 is 0. The maximum absolute atomic E-state index is 12.1. The quantitative estimate of drug-likeness (QED) is 0.835. The molecule has 5 heteroatoms. The lowest BCUT2D eigenvalue weighted by atomic mass is 10.0. The zero-order valence-electron chi connectivity index (χ0n) is 11.7. The molecule has 2 heterocycles. The van der Waals surface area contributed by atoms with Gasteiger partial charge in [-0.25, -0.2) is 4.79 Å². The Bertz CT molecular complexity index is 346. The van der Waals surface area contributed by atoms with Crippen LogP contribution in [0.15, 0.2) is 0 Å². The van der Waals surface area contributed by atoms with Crippen molar-refractivity contribution in [2.45, 2.75) is 57.5 Å². The number of hydrogen-bond donors (Lipinski definition) is 1. The van der Waals surface area contributed by atoms with Crippen molar-refractivity contribution in [3.63, 3.8) is 0 Å². The Hall–Kier alpha value is -1.10. The molecule has 1 amide bonds. The highest BCUT2D eigenvalue weighted by Crippen LogP contribution is 2.20. The molecular formula is C14H24N2O3. The predicted octanol–water partition coefficient (Wildman–Crippen LogP) is 1.33. The summed E-state index contributed by atoms with van der Waals surface area (Å²) >= 11 is 0. The van der Waals surface area contributed by atoms with Crippen molar-refractivity contribution in [1.82, 2.24) is 9.80 Å². The number of amides is 1. The fraction of sp³-hybridized carbons (Fsp3) is 0.857. The number of rotatable bonds is 4. The Labute approximate surface area is 114 Å². The minimum absolute atomic E-state index is 0.00248. The van der Waals surface area contributed by atoms with Gasteiger partial charge in [-0.3, -0.25) is 4.79 Å². The first-order valence-electron chi connectivity index (χ1n) is 7.36. The molecule has 1 unspecified atom stereocenters. The van der Waals surface area contributed by atoms with Crippen molar-refractivity contribution in [1.29, 1.82) is 0 Å². The molecule has 5 nitrogen and oxygen atoms in total. The number of aliphatic carboxylic acids is 1. The summed E-state index contributed by atoms with van der Waals surface area (Å²) in [6.07, 6.45) is 5.55. The lowest BCUT2D eigenvalue weighted by Crippen LogP contribution is -2.43. The van der Waals surface area contributed by atoms with Crippen LogP contribution in [0.25, 0.3) is 0 Å². The van der Waals surface area contributed by atoms with E-state index in [0.29, 0.717) is 25.4 Å². The third-order valence-corrected chi connectivity index (χ3v) is 4.41. The van der Waals surface area contributed by atoms with Gasteiger partial charge in [-0.1, -0.05) is 6.42 Å². The van der Waals surface area contributed by atoms with Gasteiger partial charge in [-0.15, -0.1) is 0 Å². The number of carbonyl (C=O) groups excluding carboxylic acids is 1. The molecule has 0 aromatic carbocycles. The van der Waals surface area contributed by atoms with Crippen LogP contribution in [-0.2, 0) is 9.59 Å². The van der Waals surface area contributed by atoms with Crippen LogP contribution >= 0.6 is 0 Å². The molecule has 108 valence electrons. The van der Waals surface area contributed by atoms with Gasteiger partial charge in [0.2, 0.25) is 5.91 Å². The van der Waals surface area contributed by atoms with Crippen LogP contribution in [0.2, 0.25) is 0 Å². The second-order valence-corrected chi connectivity index (χ2v) is 5.71. The molecule has 0 radical (unpaired) electrons.